The van der Waals surface area contributed by atoms with E-state index in [-0.39, 0.29) is 5.56 Å². The summed E-state index contributed by atoms with van der Waals surface area (Å²) in [5, 5.41) is 0. The van der Waals surface area contributed by atoms with E-state index in [0.717, 1.165) is 11.3 Å². The summed E-state index contributed by atoms with van der Waals surface area (Å²) in [5.74, 6) is 0. The Morgan fingerprint density at radius 2 is 2.00 bits per heavy atom. The number of pyridine rings is 1. The normalized spacial score (nSPS) is 9.85. The highest BCUT2D eigenvalue weighted by Gasteiger charge is 1.96. The van der Waals surface area contributed by atoms with Gasteiger partial charge in [-0.1, -0.05) is 0 Å². The zero-order valence-electron chi connectivity index (χ0n) is 6.77. The summed E-state index contributed by atoms with van der Waals surface area (Å²) in [4.78, 5) is 21.1. The van der Waals surface area contributed by atoms with Crippen LogP contribution in [0.2, 0.25) is 0 Å². The third kappa shape index (κ3) is 1.61. The van der Waals surface area contributed by atoms with Gasteiger partial charge in [0.15, 0.2) is 0 Å². The number of H-pyrrole nitrogens is 1. The third-order valence-corrected chi connectivity index (χ3v) is 1.65. The van der Waals surface area contributed by atoms with Gasteiger partial charge in [0.1, 0.15) is 0 Å². The van der Waals surface area contributed by atoms with E-state index in [0.29, 0.717) is 0 Å². The highest BCUT2D eigenvalue weighted by Crippen LogP contribution is 2.11. The molecule has 0 unspecified atom stereocenters. The van der Waals surface area contributed by atoms with Gasteiger partial charge in [-0.15, -0.1) is 0 Å². The first-order valence-corrected chi connectivity index (χ1v) is 3.81. The Morgan fingerprint density at radius 3 is 2.62 bits per heavy atom. The van der Waals surface area contributed by atoms with Crippen LogP contribution in [0, 0.1) is 0 Å². The molecule has 64 valence electrons. The molecule has 2 heterocycles. The molecule has 2 aromatic heterocycles. The van der Waals surface area contributed by atoms with Crippen molar-refractivity contribution in [2.24, 2.45) is 0 Å². The van der Waals surface area contributed by atoms with Crippen molar-refractivity contribution < 1.29 is 0 Å². The molecule has 13 heavy (non-hydrogen) atoms. The Hall–Kier alpha value is -1.97. The van der Waals surface area contributed by atoms with Crippen LogP contribution in [-0.4, -0.2) is 15.0 Å². The highest BCUT2D eigenvalue weighted by molar-refractivity contribution is 5.56. The largest absolute Gasteiger partial charge is 0.326 e. The number of nitrogens with zero attached hydrogens (tertiary/aromatic N) is 2. The fraction of sp³-hybridized carbons (Fsp3) is 0. The molecular weight excluding hydrogens is 166 g/mol. The number of aromatic amines is 1. The van der Waals surface area contributed by atoms with E-state index in [1.54, 1.807) is 18.6 Å². The van der Waals surface area contributed by atoms with Crippen molar-refractivity contribution in [3.8, 4) is 11.3 Å². The van der Waals surface area contributed by atoms with Crippen LogP contribution < -0.4 is 5.56 Å². The van der Waals surface area contributed by atoms with Gasteiger partial charge in [0.05, 0.1) is 11.9 Å². The lowest BCUT2D eigenvalue weighted by molar-refractivity contribution is 1.14. The Kier molecular flexibility index (Phi) is 1.88. The lowest BCUT2D eigenvalue weighted by Crippen LogP contribution is -2.04. The van der Waals surface area contributed by atoms with Crippen LogP contribution in [0.4, 0.5) is 0 Å². The minimum absolute atomic E-state index is 0.196. The van der Waals surface area contributed by atoms with Gasteiger partial charge >= 0.3 is 0 Å². The molecule has 2 rings (SSSR count). The summed E-state index contributed by atoms with van der Waals surface area (Å²) in [6, 6.07) is 3.67. The quantitative estimate of drug-likeness (QED) is 0.694. The molecule has 0 saturated heterocycles. The predicted octanol–water partition coefficient (Wildman–Crippen LogP) is 0.832. The van der Waals surface area contributed by atoms with Gasteiger partial charge in [-0.25, -0.2) is 4.98 Å². The molecule has 0 aliphatic carbocycles. The van der Waals surface area contributed by atoms with Crippen molar-refractivity contribution in [2.75, 3.05) is 0 Å². The van der Waals surface area contributed by atoms with E-state index in [1.165, 1.54) is 6.20 Å². The predicted molar refractivity (Wildman–Crippen MR) is 48.1 cm³/mol. The van der Waals surface area contributed by atoms with Crippen molar-refractivity contribution in [3.63, 3.8) is 0 Å². The molecule has 0 atom stereocenters. The van der Waals surface area contributed by atoms with Gasteiger partial charge in [0.25, 0.3) is 5.56 Å². The Bertz CT molecular complexity index is 429. The van der Waals surface area contributed by atoms with Crippen LogP contribution in [0.5, 0.6) is 0 Å². The van der Waals surface area contributed by atoms with Crippen molar-refractivity contribution in [1.82, 2.24) is 15.0 Å². The number of rotatable bonds is 1. The Morgan fingerprint density at radius 1 is 1.23 bits per heavy atom. The molecule has 0 amide bonds. The summed E-state index contributed by atoms with van der Waals surface area (Å²) >= 11 is 0. The van der Waals surface area contributed by atoms with Gasteiger partial charge in [-0.3, -0.25) is 9.78 Å². The van der Waals surface area contributed by atoms with Crippen LogP contribution in [-0.2, 0) is 0 Å². The zero-order valence-corrected chi connectivity index (χ0v) is 6.77. The van der Waals surface area contributed by atoms with Crippen LogP contribution in [0.15, 0.2) is 41.7 Å². The Balaban J connectivity index is 2.48. The van der Waals surface area contributed by atoms with Gasteiger partial charge in [-0.05, 0) is 12.1 Å². The van der Waals surface area contributed by atoms with E-state index in [1.807, 2.05) is 12.1 Å². The van der Waals surface area contributed by atoms with Crippen molar-refractivity contribution in [2.45, 2.75) is 0 Å². The monoisotopic (exact) mass is 173 g/mol. The van der Waals surface area contributed by atoms with E-state index in [2.05, 4.69) is 15.0 Å². The average Bonchev–Trinajstić information content (AvgIpc) is 2.20. The second-order valence-corrected chi connectivity index (χ2v) is 2.53. The van der Waals surface area contributed by atoms with Gasteiger partial charge in [0.2, 0.25) is 0 Å². The number of hydrogen-bond donors (Lipinski definition) is 1. The van der Waals surface area contributed by atoms with Crippen molar-refractivity contribution in [3.05, 3.63) is 47.3 Å². The van der Waals surface area contributed by atoms with Gasteiger partial charge < -0.3 is 4.98 Å². The van der Waals surface area contributed by atoms with E-state index >= 15 is 0 Å². The SMILES string of the molecule is O=c1cnc(-c2ccncc2)c[nH]1. The maximum Gasteiger partial charge on any atom is 0.266 e. The van der Waals surface area contributed by atoms with Gasteiger partial charge in [0, 0.05) is 24.2 Å². The molecule has 0 bridgehead atoms. The molecule has 1 N–H and O–H groups in total. The average molecular weight is 173 g/mol. The molecule has 0 aliphatic heterocycles. The lowest BCUT2D eigenvalue weighted by Gasteiger charge is -1.96. The number of aromatic nitrogens is 3. The van der Waals surface area contributed by atoms with Crippen LogP contribution in [0.25, 0.3) is 11.3 Å². The summed E-state index contributed by atoms with van der Waals surface area (Å²) in [7, 11) is 0. The number of nitrogens with one attached hydrogen (secondary N) is 1. The highest BCUT2D eigenvalue weighted by atomic mass is 16.1. The minimum Gasteiger partial charge on any atom is -0.326 e. The van der Waals surface area contributed by atoms with Crippen molar-refractivity contribution in [1.29, 1.82) is 0 Å². The first-order chi connectivity index (χ1) is 6.36. The van der Waals surface area contributed by atoms with Crippen LogP contribution in [0.3, 0.4) is 0 Å². The molecule has 0 aromatic carbocycles. The maximum absolute atomic E-state index is 10.7. The molecule has 0 saturated carbocycles. The molecule has 0 radical (unpaired) electrons. The van der Waals surface area contributed by atoms with Crippen LogP contribution in [0.1, 0.15) is 0 Å². The topological polar surface area (TPSA) is 58.6 Å². The molecule has 2 aromatic rings. The molecule has 0 fully saturated rings. The first kappa shape index (κ1) is 7.67. The summed E-state index contributed by atoms with van der Waals surface area (Å²) in [5.41, 5.74) is 1.48. The van der Waals surface area contributed by atoms with E-state index in [4.69, 9.17) is 0 Å². The lowest BCUT2D eigenvalue weighted by atomic mass is 10.2. The molecular formula is C9H7N3O. The molecule has 4 heteroatoms. The fourth-order valence-electron chi connectivity index (χ4n) is 1.02. The Labute approximate surface area is 74.3 Å². The first-order valence-electron chi connectivity index (χ1n) is 3.81. The molecule has 0 aliphatic rings. The number of hydrogen-bond acceptors (Lipinski definition) is 3. The summed E-state index contributed by atoms with van der Waals surface area (Å²) in [6.45, 7) is 0. The standard InChI is InChI=1S/C9H7N3O/c13-9-6-11-8(5-12-9)7-1-3-10-4-2-7/h1-6H,(H,12,13). The van der Waals surface area contributed by atoms with Crippen LogP contribution >= 0.6 is 0 Å². The fourth-order valence-corrected chi connectivity index (χ4v) is 1.02. The summed E-state index contributed by atoms with van der Waals surface area (Å²) in [6.07, 6.45) is 6.21. The zero-order chi connectivity index (χ0) is 9.10. The molecule has 4 nitrogen and oxygen atoms in total. The maximum atomic E-state index is 10.7. The third-order valence-electron chi connectivity index (χ3n) is 1.65. The minimum atomic E-state index is -0.196. The smallest absolute Gasteiger partial charge is 0.266 e. The second kappa shape index (κ2) is 3.18. The van der Waals surface area contributed by atoms with E-state index < -0.39 is 0 Å². The van der Waals surface area contributed by atoms with E-state index in [9.17, 15) is 4.79 Å². The molecule has 0 spiro atoms. The van der Waals surface area contributed by atoms with Crippen molar-refractivity contribution >= 4 is 0 Å². The second-order valence-electron chi connectivity index (χ2n) is 2.53. The van der Waals surface area contributed by atoms with Gasteiger partial charge in [-0.2, -0.15) is 0 Å². The summed E-state index contributed by atoms with van der Waals surface area (Å²) < 4.78 is 0.